The largest absolute Gasteiger partial charge is 0.218 e. The summed E-state index contributed by atoms with van der Waals surface area (Å²) in [4.78, 5) is 0.777. The fraction of sp³-hybridized carbons (Fsp3) is 0.429. The lowest BCUT2D eigenvalue weighted by Gasteiger charge is -2.03. The number of allylic oxidation sites excluding steroid dienone is 1. The molecule has 1 N–H and O–H groups in total. The van der Waals surface area contributed by atoms with Gasteiger partial charge in [-0.15, -0.1) is 11.8 Å². The third-order valence-electron chi connectivity index (χ3n) is 1.20. The van der Waals surface area contributed by atoms with Crippen LogP contribution >= 0.6 is 11.8 Å². The van der Waals surface area contributed by atoms with Crippen molar-refractivity contribution in [3.63, 3.8) is 0 Å². The predicted octanol–water partition coefficient (Wildman–Crippen LogP) is 1.32. The summed E-state index contributed by atoms with van der Waals surface area (Å²) in [5.41, 5.74) is 0. The summed E-state index contributed by atoms with van der Waals surface area (Å²) in [5.74, 6) is 0.0245. The van der Waals surface area contributed by atoms with Gasteiger partial charge in [-0.2, -0.15) is 0 Å². The summed E-state index contributed by atoms with van der Waals surface area (Å²) in [6, 6.07) is 0. The number of hydrogen-bond donors (Lipinski definition) is 1. The minimum Gasteiger partial charge on any atom is -0.218 e. The molecule has 12 heavy (non-hydrogen) atoms. The number of sulfonamides is 1. The molecule has 0 aromatic rings. The molecule has 0 aliphatic carbocycles. The number of nitrogens with one attached hydrogen (secondary N) is 1. The van der Waals surface area contributed by atoms with Crippen molar-refractivity contribution >= 4 is 21.8 Å². The quantitative estimate of drug-likeness (QED) is 0.739. The molecule has 0 amide bonds. The van der Waals surface area contributed by atoms with Gasteiger partial charge < -0.3 is 0 Å². The monoisotopic (exact) mass is 207 g/mol. The first-order valence-corrected chi connectivity index (χ1v) is 5.93. The molecular formula is C7H13NO2S2. The van der Waals surface area contributed by atoms with Gasteiger partial charge in [0.2, 0.25) is 10.0 Å². The van der Waals surface area contributed by atoms with E-state index in [0.29, 0.717) is 0 Å². The highest BCUT2D eigenvalue weighted by Gasteiger charge is 2.09. The molecule has 0 fully saturated rings. The van der Waals surface area contributed by atoms with Gasteiger partial charge in [0.1, 0.15) is 0 Å². The van der Waals surface area contributed by atoms with Crippen LogP contribution in [0.5, 0.6) is 0 Å². The van der Waals surface area contributed by atoms with Gasteiger partial charge in [0, 0.05) is 4.91 Å². The van der Waals surface area contributed by atoms with Crippen molar-refractivity contribution in [1.29, 1.82) is 0 Å². The van der Waals surface area contributed by atoms with Crippen LogP contribution < -0.4 is 4.72 Å². The van der Waals surface area contributed by atoms with E-state index in [1.54, 1.807) is 18.4 Å². The van der Waals surface area contributed by atoms with Gasteiger partial charge in [-0.25, -0.2) is 13.1 Å². The highest BCUT2D eigenvalue weighted by Crippen LogP contribution is 2.17. The fourth-order valence-corrected chi connectivity index (χ4v) is 2.33. The molecule has 0 radical (unpaired) electrons. The summed E-state index contributed by atoms with van der Waals surface area (Å²) >= 11 is 1.32. The first kappa shape index (κ1) is 11.7. The Morgan fingerprint density at radius 2 is 2.25 bits per heavy atom. The zero-order chi connectivity index (χ0) is 9.61. The van der Waals surface area contributed by atoms with E-state index < -0.39 is 10.0 Å². The second-order valence-electron chi connectivity index (χ2n) is 2.00. The molecule has 5 heteroatoms. The van der Waals surface area contributed by atoms with Crippen molar-refractivity contribution < 1.29 is 8.42 Å². The highest BCUT2D eigenvalue weighted by molar-refractivity contribution is 8.06. The molecule has 70 valence electrons. The maximum atomic E-state index is 11.0. The smallest absolute Gasteiger partial charge is 0.216 e. The molecule has 0 saturated carbocycles. The molecule has 0 atom stereocenters. The van der Waals surface area contributed by atoms with Gasteiger partial charge in [-0.1, -0.05) is 12.7 Å². The third kappa shape index (κ3) is 4.58. The van der Waals surface area contributed by atoms with Crippen molar-refractivity contribution in [1.82, 2.24) is 4.72 Å². The Balaban J connectivity index is 4.32. The van der Waals surface area contributed by atoms with Crippen LogP contribution in [-0.4, -0.2) is 21.2 Å². The summed E-state index contributed by atoms with van der Waals surface area (Å²) in [5, 5.41) is 1.61. The van der Waals surface area contributed by atoms with Crippen LogP contribution in [0.15, 0.2) is 23.0 Å². The van der Waals surface area contributed by atoms with Gasteiger partial charge in [0.25, 0.3) is 0 Å². The van der Waals surface area contributed by atoms with E-state index in [0.717, 1.165) is 4.91 Å². The van der Waals surface area contributed by atoms with Crippen LogP contribution in [0.4, 0.5) is 0 Å². The standard InChI is InChI=1S/C7H13NO2S2/c1-4-7(11-5-2)6-12(9,10)8-3/h4-5,8H,2,6H2,1,3H3/b7-4-. The van der Waals surface area contributed by atoms with Gasteiger partial charge in [0.15, 0.2) is 0 Å². The van der Waals surface area contributed by atoms with Crippen molar-refractivity contribution in [3.05, 3.63) is 23.0 Å². The lowest BCUT2D eigenvalue weighted by Crippen LogP contribution is -2.22. The maximum absolute atomic E-state index is 11.0. The Morgan fingerprint density at radius 1 is 1.67 bits per heavy atom. The third-order valence-corrected chi connectivity index (χ3v) is 3.55. The van der Waals surface area contributed by atoms with Crippen LogP contribution in [-0.2, 0) is 10.0 Å². The molecule has 0 rings (SSSR count). The SMILES string of the molecule is C=CS/C(=C\C)CS(=O)(=O)NC. The zero-order valence-corrected chi connectivity index (χ0v) is 8.83. The van der Waals surface area contributed by atoms with Crippen molar-refractivity contribution in [2.75, 3.05) is 12.8 Å². The molecule has 0 heterocycles. The minimum atomic E-state index is -3.14. The number of hydrogen-bond acceptors (Lipinski definition) is 3. The second-order valence-corrected chi connectivity index (χ2v) is 5.02. The van der Waals surface area contributed by atoms with E-state index in [-0.39, 0.29) is 5.75 Å². The Kier molecular flexibility index (Phi) is 5.28. The van der Waals surface area contributed by atoms with Crippen LogP contribution in [0.3, 0.4) is 0 Å². The molecule has 0 spiro atoms. The Labute approximate surface area is 78.0 Å². The van der Waals surface area contributed by atoms with E-state index in [9.17, 15) is 8.42 Å². The molecule has 0 aliphatic rings. The average Bonchev–Trinajstić information content (AvgIpc) is 2.03. The van der Waals surface area contributed by atoms with Crippen LogP contribution in [0.25, 0.3) is 0 Å². The van der Waals surface area contributed by atoms with E-state index in [1.807, 2.05) is 0 Å². The molecule has 0 saturated heterocycles. The maximum Gasteiger partial charge on any atom is 0.216 e. The number of thioether (sulfide) groups is 1. The van der Waals surface area contributed by atoms with Gasteiger partial charge in [0.05, 0.1) is 5.75 Å². The van der Waals surface area contributed by atoms with E-state index in [4.69, 9.17) is 0 Å². The summed E-state index contributed by atoms with van der Waals surface area (Å²) < 4.78 is 24.3. The topological polar surface area (TPSA) is 46.2 Å². The Bertz CT molecular complexity index is 267. The minimum absolute atomic E-state index is 0.0245. The van der Waals surface area contributed by atoms with Gasteiger partial charge >= 0.3 is 0 Å². The molecule has 3 nitrogen and oxygen atoms in total. The van der Waals surface area contributed by atoms with Crippen molar-refractivity contribution in [2.24, 2.45) is 0 Å². The molecular weight excluding hydrogens is 194 g/mol. The molecule has 0 aliphatic heterocycles. The predicted molar refractivity (Wildman–Crippen MR) is 54.4 cm³/mol. The average molecular weight is 207 g/mol. The summed E-state index contributed by atoms with van der Waals surface area (Å²) in [6.45, 7) is 5.31. The van der Waals surface area contributed by atoms with E-state index in [1.165, 1.54) is 18.8 Å². The van der Waals surface area contributed by atoms with E-state index >= 15 is 0 Å². The van der Waals surface area contributed by atoms with Crippen molar-refractivity contribution in [2.45, 2.75) is 6.92 Å². The molecule has 0 unspecified atom stereocenters. The molecule has 0 aromatic heterocycles. The highest BCUT2D eigenvalue weighted by atomic mass is 32.2. The molecule has 0 bridgehead atoms. The van der Waals surface area contributed by atoms with Crippen LogP contribution in [0.2, 0.25) is 0 Å². The van der Waals surface area contributed by atoms with Gasteiger partial charge in [-0.05, 0) is 19.4 Å². The molecule has 0 aromatic carbocycles. The lowest BCUT2D eigenvalue weighted by molar-refractivity contribution is 0.591. The summed E-state index contributed by atoms with van der Waals surface area (Å²) in [6.07, 6.45) is 1.77. The first-order chi connectivity index (χ1) is 5.55. The van der Waals surface area contributed by atoms with Crippen LogP contribution in [0, 0.1) is 0 Å². The fourth-order valence-electron chi connectivity index (χ4n) is 0.552. The second kappa shape index (κ2) is 5.40. The zero-order valence-electron chi connectivity index (χ0n) is 7.20. The van der Waals surface area contributed by atoms with Crippen LogP contribution in [0.1, 0.15) is 6.92 Å². The van der Waals surface area contributed by atoms with E-state index in [2.05, 4.69) is 11.3 Å². The van der Waals surface area contributed by atoms with Crippen molar-refractivity contribution in [3.8, 4) is 0 Å². The Hall–Kier alpha value is -0.260. The van der Waals surface area contributed by atoms with Gasteiger partial charge in [-0.3, -0.25) is 0 Å². The summed E-state index contributed by atoms with van der Waals surface area (Å²) in [7, 11) is -1.74. The normalized spacial score (nSPS) is 13.0. The first-order valence-electron chi connectivity index (χ1n) is 3.39. The lowest BCUT2D eigenvalue weighted by atomic mass is 10.6. The Morgan fingerprint density at radius 3 is 2.58 bits per heavy atom. The number of rotatable bonds is 5.